The van der Waals surface area contributed by atoms with E-state index in [2.05, 4.69) is 19.4 Å². The average Bonchev–Trinajstić information content (AvgIpc) is 3.10. The fourth-order valence-corrected chi connectivity index (χ4v) is 4.34. The molecule has 0 spiro atoms. The average molecular weight is 477 g/mol. The van der Waals surface area contributed by atoms with Gasteiger partial charge in [-0.25, -0.2) is 9.59 Å². The lowest BCUT2D eigenvalue weighted by atomic mass is 10.0. The number of piperidine rings is 1. The van der Waals surface area contributed by atoms with E-state index in [1.165, 1.54) is 18.2 Å². The number of carbonyl (C=O) groups is 1. The maximum atomic E-state index is 12.6. The Balaban J connectivity index is 1.43. The van der Waals surface area contributed by atoms with E-state index in [0.717, 1.165) is 31.5 Å². The first kappa shape index (κ1) is 23.6. The van der Waals surface area contributed by atoms with Gasteiger partial charge >= 0.3 is 18.5 Å². The molecule has 1 aromatic heterocycles. The van der Waals surface area contributed by atoms with Crippen molar-refractivity contribution in [2.75, 3.05) is 19.7 Å². The van der Waals surface area contributed by atoms with Gasteiger partial charge in [-0.2, -0.15) is 8.78 Å². The predicted octanol–water partition coefficient (Wildman–Crippen LogP) is 4.22. The van der Waals surface area contributed by atoms with Crippen LogP contribution in [-0.2, 0) is 6.54 Å². The Labute approximate surface area is 193 Å². The van der Waals surface area contributed by atoms with Gasteiger partial charge in [-0.05, 0) is 49.6 Å². The molecule has 1 aliphatic heterocycles. The van der Waals surface area contributed by atoms with Crippen molar-refractivity contribution in [2.45, 2.75) is 39.0 Å². The van der Waals surface area contributed by atoms with E-state index in [-0.39, 0.29) is 29.0 Å². The summed E-state index contributed by atoms with van der Waals surface area (Å²) in [6.45, 7) is 1.27. The number of hydrogen-bond donors (Lipinski definition) is 2. The van der Waals surface area contributed by atoms with Crippen LogP contribution in [0.3, 0.4) is 0 Å². The van der Waals surface area contributed by atoms with E-state index in [0.29, 0.717) is 24.2 Å². The van der Waals surface area contributed by atoms with E-state index in [9.17, 15) is 18.4 Å². The quantitative estimate of drug-likeness (QED) is 0.370. The molecule has 2 heterocycles. The number of benzene rings is 2. The van der Waals surface area contributed by atoms with Crippen molar-refractivity contribution >= 4 is 17.2 Å². The Bertz CT molecular complexity index is 1220. The molecule has 2 N–H and O–H groups in total. The van der Waals surface area contributed by atoms with Crippen molar-refractivity contribution in [3.63, 3.8) is 0 Å². The smallest absolute Gasteiger partial charge is 0.490 e. The number of nitrogens with zero attached hydrogens (tertiary/aromatic N) is 2. The molecule has 0 atom stereocenters. The molecule has 0 amide bonds. The summed E-state index contributed by atoms with van der Waals surface area (Å²) in [5, 5.41) is 8.78. The van der Waals surface area contributed by atoms with Crippen LogP contribution < -0.4 is 19.9 Å². The number of carboxylic acid groups (broad SMARTS) is 1. The van der Waals surface area contributed by atoms with Crippen LogP contribution in [0.1, 0.15) is 31.4 Å². The third-order valence-corrected chi connectivity index (χ3v) is 5.75. The van der Waals surface area contributed by atoms with E-state index >= 15 is 0 Å². The molecular weight excluding hydrogens is 452 g/mol. The molecule has 0 saturated carbocycles. The van der Waals surface area contributed by atoms with Crippen LogP contribution in [0.15, 0.2) is 41.2 Å². The Morgan fingerprint density at radius 3 is 2.62 bits per heavy atom. The van der Waals surface area contributed by atoms with E-state index in [4.69, 9.17) is 9.84 Å². The molecule has 1 aliphatic rings. The summed E-state index contributed by atoms with van der Waals surface area (Å²) in [5.74, 6) is 0.432. The van der Waals surface area contributed by atoms with Crippen molar-refractivity contribution < 1.29 is 32.9 Å². The van der Waals surface area contributed by atoms with Crippen LogP contribution in [0, 0.1) is 0 Å². The first-order valence-electron chi connectivity index (χ1n) is 10.9. The van der Waals surface area contributed by atoms with Gasteiger partial charge in [0.05, 0.1) is 17.6 Å². The van der Waals surface area contributed by atoms with Crippen molar-refractivity contribution in [3.8, 4) is 17.2 Å². The van der Waals surface area contributed by atoms with Crippen molar-refractivity contribution in [3.05, 3.63) is 52.4 Å². The van der Waals surface area contributed by atoms with Gasteiger partial charge in [0, 0.05) is 31.7 Å². The minimum Gasteiger partial charge on any atom is -0.490 e. The fourth-order valence-electron chi connectivity index (χ4n) is 4.34. The van der Waals surface area contributed by atoms with Crippen LogP contribution in [0.2, 0.25) is 0 Å². The summed E-state index contributed by atoms with van der Waals surface area (Å²) in [5.41, 5.74) is 1.87. The maximum Gasteiger partial charge on any atom is 0.511 e. The third kappa shape index (κ3) is 5.30. The number of ether oxygens (including phenoxy) is 3. The molecule has 11 heteroatoms. The van der Waals surface area contributed by atoms with Gasteiger partial charge in [-0.3, -0.25) is 9.47 Å². The van der Waals surface area contributed by atoms with Gasteiger partial charge in [0.2, 0.25) is 0 Å². The number of hydrogen-bond acceptors (Lipinski definition) is 6. The lowest BCUT2D eigenvalue weighted by Crippen LogP contribution is -2.36. The highest BCUT2D eigenvalue weighted by Crippen LogP contribution is 2.32. The van der Waals surface area contributed by atoms with Crippen molar-refractivity contribution in [1.29, 1.82) is 0 Å². The minimum atomic E-state index is -2.92. The zero-order chi connectivity index (χ0) is 24.2. The highest BCUT2D eigenvalue weighted by Gasteiger charge is 2.24. The first-order chi connectivity index (χ1) is 16.3. The number of halogens is 2. The van der Waals surface area contributed by atoms with E-state index in [1.807, 2.05) is 0 Å². The number of fused-ring (bicyclic) bond motifs is 1. The van der Waals surface area contributed by atoms with Gasteiger partial charge < -0.3 is 24.3 Å². The van der Waals surface area contributed by atoms with Crippen LogP contribution in [0.5, 0.6) is 17.2 Å². The Kier molecular flexibility index (Phi) is 7.01. The molecule has 34 heavy (non-hydrogen) atoms. The monoisotopic (exact) mass is 477 g/mol. The van der Waals surface area contributed by atoms with Gasteiger partial charge in [-0.15, -0.1) is 0 Å². The number of H-pyrrole nitrogens is 1. The largest absolute Gasteiger partial charge is 0.511 e. The molecule has 2 aromatic carbocycles. The molecule has 3 aromatic rings. The van der Waals surface area contributed by atoms with Crippen LogP contribution in [0.25, 0.3) is 11.0 Å². The molecule has 182 valence electrons. The SMILES string of the molecule is CCOc1cc(CN2CCC(n3c(=O)[nH]c4cc(OC(=O)O)ccc43)CC2)ccc1OC(F)F. The summed E-state index contributed by atoms with van der Waals surface area (Å²) in [7, 11) is 0. The van der Waals surface area contributed by atoms with E-state index in [1.54, 1.807) is 29.7 Å². The summed E-state index contributed by atoms with van der Waals surface area (Å²) in [6, 6.07) is 9.63. The van der Waals surface area contributed by atoms with E-state index < -0.39 is 12.8 Å². The number of nitrogens with one attached hydrogen (secondary N) is 1. The number of imidazole rings is 1. The highest BCUT2D eigenvalue weighted by atomic mass is 19.3. The zero-order valence-electron chi connectivity index (χ0n) is 18.5. The second-order valence-corrected chi connectivity index (χ2v) is 7.95. The molecule has 9 nitrogen and oxygen atoms in total. The second kappa shape index (κ2) is 10.1. The van der Waals surface area contributed by atoms with Crippen LogP contribution in [0.4, 0.5) is 13.6 Å². The molecular formula is C23H25F2N3O6. The molecule has 1 fully saturated rings. The van der Waals surface area contributed by atoms with Crippen molar-refractivity contribution in [1.82, 2.24) is 14.5 Å². The molecule has 1 saturated heterocycles. The predicted molar refractivity (Wildman–Crippen MR) is 119 cm³/mol. The minimum absolute atomic E-state index is 0.00920. The normalized spacial score (nSPS) is 15.1. The number of likely N-dealkylation sites (tertiary alicyclic amines) is 1. The molecule has 0 aliphatic carbocycles. The molecule has 4 rings (SSSR count). The molecule has 0 unspecified atom stereocenters. The number of aromatic nitrogens is 2. The number of alkyl halides is 2. The lowest BCUT2D eigenvalue weighted by molar-refractivity contribution is -0.0514. The molecule has 0 radical (unpaired) electrons. The summed E-state index contributed by atoms with van der Waals surface area (Å²) in [4.78, 5) is 28.4. The van der Waals surface area contributed by atoms with Gasteiger partial charge in [0.1, 0.15) is 5.75 Å². The van der Waals surface area contributed by atoms with Crippen molar-refractivity contribution in [2.24, 2.45) is 0 Å². The number of aromatic amines is 1. The Hall–Kier alpha value is -3.60. The highest BCUT2D eigenvalue weighted by molar-refractivity contribution is 5.78. The van der Waals surface area contributed by atoms with Gasteiger partial charge in [0.15, 0.2) is 11.5 Å². The van der Waals surface area contributed by atoms with Gasteiger partial charge in [-0.1, -0.05) is 6.07 Å². The summed E-state index contributed by atoms with van der Waals surface area (Å²) >= 11 is 0. The van der Waals surface area contributed by atoms with Crippen LogP contribution >= 0.6 is 0 Å². The first-order valence-corrected chi connectivity index (χ1v) is 10.9. The Morgan fingerprint density at radius 2 is 1.94 bits per heavy atom. The molecule has 0 bridgehead atoms. The standard InChI is InChI=1S/C23H25F2N3O6/c1-2-32-20-11-14(3-6-19(20)34-21(24)25)13-27-9-7-15(8-10-27)28-18-5-4-16(33-23(30)31)12-17(18)26-22(28)29/h3-6,11-12,15,21H,2,7-10,13H2,1H3,(H,26,29)(H,30,31). The Morgan fingerprint density at radius 1 is 1.18 bits per heavy atom. The third-order valence-electron chi connectivity index (χ3n) is 5.75. The van der Waals surface area contributed by atoms with Crippen LogP contribution in [-0.4, -0.2) is 52.0 Å². The summed E-state index contributed by atoms with van der Waals surface area (Å²) in [6.07, 6.45) is 0.0639. The number of rotatable bonds is 8. The summed E-state index contributed by atoms with van der Waals surface area (Å²) < 4.78 is 41.6. The fraction of sp³-hybridized carbons (Fsp3) is 0.391. The lowest BCUT2D eigenvalue weighted by Gasteiger charge is -2.32. The topological polar surface area (TPSA) is 106 Å². The zero-order valence-corrected chi connectivity index (χ0v) is 18.5. The van der Waals surface area contributed by atoms with Gasteiger partial charge in [0.25, 0.3) is 0 Å². The second-order valence-electron chi connectivity index (χ2n) is 7.95. The maximum absolute atomic E-state index is 12.6.